The molecular formula is C18H42GeLi2Si2. The van der Waals surface area contributed by atoms with Crippen molar-refractivity contribution in [3.8, 4) is 0 Å². The summed E-state index contributed by atoms with van der Waals surface area (Å²) in [7, 11) is -0.441. The maximum absolute atomic E-state index is 2.44. The summed E-state index contributed by atoms with van der Waals surface area (Å²) in [6.07, 6.45) is 0. The van der Waals surface area contributed by atoms with Crippen LogP contribution in [-0.2, 0) is 0 Å². The molecule has 128 valence electrons. The predicted octanol–water partition coefficient (Wildman–Crippen LogP) is 6.28. The minimum atomic E-state index is -0.221. The van der Waals surface area contributed by atoms with Gasteiger partial charge in [0.15, 0.2) is 0 Å². The fourth-order valence-electron chi connectivity index (χ4n) is 2.25. The zero-order valence-electron chi connectivity index (χ0n) is 19.5. The van der Waals surface area contributed by atoms with E-state index < -0.39 is 0 Å². The van der Waals surface area contributed by atoms with Gasteiger partial charge in [0.1, 0.15) is 0 Å². The summed E-state index contributed by atoms with van der Waals surface area (Å²) >= 11 is 0. The largest absolute Gasteiger partial charge is 0.0703 e. The third-order valence-electron chi connectivity index (χ3n) is 4.50. The van der Waals surface area contributed by atoms with Crippen LogP contribution in [-0.4, -0.2) is 72.9 Å². The minimum Gasteiger partial charge on any atom is -0.0703 e. The van der Waals surface area contributed by atoms with Gasteiger partial charge in [0.2, 0.25) is 0 Å². The van der Waals surface area contributed by atoms with E-state index in [-0.39, 0.29) is 72.9 Å². The molecule has 8 radical (unpaired) electrons. The Balaban J connectivity index is -0.0000000831. The molecule has 5 heteroatoms. The Hall–Kier alpha value is 2.17. The fraction of sp³-hybridized carbons (Fsp3) is 1.00. The molecule has 0 atom stereocenters. The monoisotopic (exact) mass is 402 g/mol. The van der Waals surface area contributed by atoms with E-state index >= 15 is 0 Å². The molecule has 0 aliphatic rings. The third kappa shape index (κ3) is 17.3. The Morgan fingerprint density at radius 1 is 0.391 bits per heavy atom. The van der Waals surface area contributed by atoms with Gasteiger partial charge < -0.3 is 0 Å². The molecule has 0 aromatic rings. The molecular weight excluding hydrogens is 359 g/mol. The molecule has 0 aliphatic carbocycles. The van der Waals surface area contributed by atoms with Crippen LogP contribution >= 0.6 is 0 Å². The van der Waals surface area contributed by atoms with E-state index in [0.29, 0.717) is 20.2 Å². The molecule has 0 aromatic carbocycles. The van der Waals surface area contributed by atoms with Crippen LogP contribution in [0.4, 0.5) is 0 Å². The summed E-state index contributed by atoms with van der Waals surface area (Å²) in [6.45, 7) is 33.1. The Morgan fingerprint density at radius 2 is 0.478 bits per heavy atom. The Morgan fingerprint density at radius 3 is 0.478 bits per heavy atom. The maximum Gasteiger partial charge on any atom is 0.0561 e. The molecule has 0 aromatic heterocycles. The molecule has 0 fully saturated rings. The van der Waals surface area contributed by atoms with E-state index in [1.165, 1.54) is 0 Å². The van der Waals surface area contributed by atoms with Gasteiger partial charge in [-0.25, -0.2) is 0 Å². The molecule has 0 N–H and O–H groups in total. The van der Waals surface area contributed by atoms with Gasteiger partial charge in [-0.05, 0) is 20.2 Å². The molecule has 0 spiro atoms. The van der Waals surface area contributed by atoms with E-state index in [9.17, 15) is 0 Å². The van der Waals surface area contributed by atoms with E-state index in [4.69, 9.17) is 0 Å². The van der Waals surface area contributed by atoms with Crippen LogP contribution in [0.25, 0.3) is 0 Å². The van der Waals surface area contributed by atoms with Crippen molar-refractivity contribution in [2.45, 2.75) is 116 Å². The quantitative estimate of drug-likeness (QED) is 0.419. The number of rotatable bonds is 0. The summed E-state index contributed by atoms with van der Waals surface area (Å²) in [5.41, 5.74) is 0. The van der Waals surface area contributed by atoms with Crippen LogP contribution in [0, 0.1) is 0 Å². The standard InChI is InChI=1S/2C9H21Si.Ge.2Li/c2*1-8(2,3)10(7)9(4,5)6;;;/h2*1-7H3;;;. The van der Waals surface area contributed by atoms with Crippen molar-refractivity contribution in [1.29, 1.82) is 0 Å². The van der Waals surface area contributed by atoms with E-state index in [1.807, 2.05) is 0 Å². The van der Waals surface area contributed by atoms with Gasteiger partial charge >= 0.3 is 0 Å². The predicted molar refractivity (Wildman–Crippen MR) is 119 cm³/mol. The van der Waals surface area contributed by atoms with Crippen LogP contribution in [0.3, 0.4) is 0 Å². The topological polar surface area (TPSA) is 0 Å². The zero-order chi connectivity index (χ0) is 17.2. The van der Waals surface area contributed by atoms with Crippen molar-refractivity contribution >= 4 is 72.9 Å². The molecule has 0 amide bonds. The van der Waals surface area contributed by atoms with Crippen molar-refractivity contribution in [2.75, 3.05) is 0 Å². The number of hydrogen-bond acceptors (Lipinski definition) is 0. The van der Waals surface area contributed by atoms with Gasteiger partial charge in [-0.1, -0.05) is 96.2 Å². The second-order valence-corrected chi connectivity index (χ2v) is 18.8. The Labute approximate surface area is 188 Å². The molecule has 0 nitrogen and oxygen atoms in total. The average molecular weight is 401 g/mol. The van der Waals surface area contributed by atoms with Gasteiger partial charge in [0.25, 0.3) is 0 Å². The van der Waals surface area contributed by atoms with Gasteiger partial charge in [-0.2, -0.15) is 0 Å². The first kappa shape index (κ1) is 36.1. The van der Waals surface area contributed by atoms with Gasteiger partial charge in [-0.3, -0.25) is 0 Å². The molecule has 0 rings (SSSR count). The molecule has 0 saturated heterocycles. The molecule has 23 heavy (non-hydrogen) atoms. The summed E-state index contributed by atoms with van der Waals surface area (Å²) in [5.74, 6) is 0. The molecule has 0 unspecified atom stereocenters. The third-order valence-corrected chi connectivity index (χ3v) is 13.5. The first-order chi connectivity index (χ1) is 8.31. The Bertz CT molecular complexity index is 223. The van der Waals surface area contributed by atoms with Gasteiger partial charge in [0, 0.05) is 55.3 Å². The molecule has 0 aliphatic heterocycles. The van der Waals surface area contributed by atoms with Crippen molar-refractivity contribution in [2.24, 2.45) is 0 Å². The van der Waals surface area contributed by atoms with Crippen LogP contribution in [0.2, 0.25) is 33.2 Å². The molecule has 0 saturated carbocycles. The maximum atomic E-state index is 2.44. The van der Waals surface area contributed by atoms with E-state index in [0.717, 1.165) is 0 Å². The average Bonchev–Trinajstić information content (AvgIpc) is 2.10. The summed E-state index contributed by atoms with van der Waals surface area (Å²) in [5, 5.41) is 2.18. The van der Waals surface area contributed by atoms with Crippen molar-refractivity contribution < 1.29 is 0 Å². The van der Waals surface area contributed by atoms with Crippen LogP contribution in [0.5, 0.6) is 0 Å². The SMILES string of the molecule is C[Si](C(C)(C)C)C(C)(C)C.C[Si](C(C)(C)C)C(C)(C)C.[Ge].[Li].[Li]. The van der Waals surface area contributed by atoms with Gasteiger partial charge in [0.05, 0.1) is 17.6 Å². The molecule has 0 heterocycles. The first-order valence-electron chi connectivity index (χ1n) is 8.00. The van der Waals surface area contributed by atoms with Crippen molar-refractivity contribution in [3.05, 3.63) is 0 Å². The molecule has 0 bridgehead atoms. The van der Waals surface area contributed by atoms with Gasteiger partial charge in [-0.15, -0.1) is 0 Å². The summed E-state index contributed by atoms with van der Waals surface area (Å²) < 4.78 is 0. The van der Waals surface area contributed by atoms with E-state index in [2.05, 4.69) is 96.2 Å². The van der Waals surface area contributed by atoms with Crippen LogP contribution in [0.1, 0.15) is 83.1 Å². The van der Waals surface area contributed by atoms with Crippen molar-refractivity contribution in [3.63, 3.8) is 0 Å². The normalized spacial score (nSPS) is 12.5. The van der Waals surface area contributed by atoms with Crippen LogP contribution < -0.4 is 0 Å². The minimum absolute atomic E-state index is 0. The summed E-state index contributed by atoms with van der Waals surface area (Å²) in [4.78, 5) is 0. The van der Waals surface area contributed by atoms with Crippen LogP contribution in [0.15, 0.2) is 0 Å². The summed E-state index contributed by atoms with van der Waals surface area (Å²) in [6, 6.07) is 0. The zero-order valence-corrected chi connectivity index (χ0v) is 23.6. The van der Waals surface area contributed by atoms with E-state index in [1.54, 1.807) is 0 Å². The first-order valence-corrected chi connectivity index (χ1v) is 12.0. The smallest absolute Gasteiger partial charge is 0.0561 e. The Kier molecular flexibility index (Phi) is 19.7. The second kappa shape index (κ2) is 12.5. The number of hydrogen-bond donors (Lipinski definition) is 0. The second-order valence-electron chi connectivity index (χ2n) is 10.2. The van der Waals surface area contributed by atoms with Crippen molar-refractivity contribution in [1.82, 2.24) is 0 Å². The fourth-order valence-corrected chi connectivity index (χ4v) is 6.75.